The Morgan fingerprint density at radius 2 is 2.00 bits per heavy atom. The van der Waals surface area contributed by atoms with Gasteiger partial charge in [0.05, 0.1) is 0 Å². The highest BCUT2D eigenvalue weighted by Gasteiger charge is 2.13. The Morgan fingerprint density at radius 3 is 2.67 bits per heavy atom. The van der Waals surface area contributed by atoms with Crippen molar-refractivity contribution in [2.24, 2.45) is 0 Å². The summed E-state index contributed by atoms with van der Waals surface area (Å²) in [5, 5.41) is 12.9. The first kappa shape index (κ1) is 12.3. The Morgan fingerprint density at radius 1 is 1.22 bits per heavy atom. The van der Waals surface area contributed by atoms with Crippen LogP contribution in [0.3, 0.4) is 0 Å². The zero-order valence-electron chi connectivity index (χ0n) is 10.7. The Labute approximate surface area is 105 Å². The molecule has 0 spiro atoms. The molecule has 0 bridgehead atoms. The van der Waals surface area contributed by atoms with Crippen LogP contribution in [0, 0.1) is 0 Å². The molecule has 2 rings (SSSR count). The maximum atomic E-state index is 9.74. The number of hydrogen-bond acceptors (Lipinski definition) is 7. The summed E-state index contributed by atoms with van der Waals surface area (Å²) in [4.78, 5) is 18.2. The molecule has 0 fully saturated rings. The maximum absolute atomic E-state index is 9.74. The van der Waals surface area contributed by atoms with Crippen molar-refractivity contribution in [3.05, 3.63) is 6.33 Å². The second-order valence-electron chi connectivity index (χ2n) is 4.09. The lowest BCUT2D eigenvalue weighted by Gasteiger charge is -2.14. The summed E-state index contributed by atoms with van der Waals surface area (Å²) in [7, 11) is 3.68. The SMILES string of the molecule is CCCNc1nc(N(C)C)nc2c(O)ncnc12. The summed E-state index contributed by atoms with van der Waals surface area (Å²) < 4.78 is 0. The average Bonchev–Trinajstić information content (AvgIpc) is 2.36. The van der Waals surface area contributed by atoms with Gasteiger partial charge in [-0.3, -0.25) is 0 Å². The molecule has 0 aliphatic rings. The van der Waals surface area contributed by atoms with Gasteiger partial charge in [0.25, 0.3) is 0 Å². The first-order chi connectivity index (χ1) is 8.63. The number of anilines is 2. The second kappa shape index (κ2) is 4.99. The smallest absolute Gasteiger partial charge is 0.241 e. The quantitative estimate of drug-likeness (QED) is 0.835. The molecule has 2 N–H and O–H groups in total. The molecule has 0 aliphatic carbocycles. The molecular formula is C11H16N6O. The van der Waals surface area contributed by atoms with Gasteiger partial charge in [0.2, 0.25) is 11.8 Å². The van der Waals surface area contributed by atoms with Crippen LogP contribution in [0.2, 0.25) is 0 Å². The molecule has 0 unspecified atom stereocenters. The highest BCUT2D eigenvalue weighted by Crippen LogP contribution is 2.25. The van der Waals surface area contributed by atoms with E-state index in [0.717, 1.165) is 13.0 Å². The monoisotopic (exact) mass is 248 g/mol. The van der Waals surface area contributed by atoms with Crippen LogP contribution in [-0.4, -0.2) is 45.7 Å². The van der Waals surface area contributed by atoms with E-state index in [2.05, 4.69) is 32.2 Å². The van der Waals surface area contributed by atoms with Crippen molar-refractivity contribution in [1.82, 2.24) is 19.9 Å². The molecule has 7 nitrogen and oxygen atoms in total. The fourth-order valence-corrected chi connectivity index (χ4v) is 1.49. The molecule has 0 aromatic carbocycles. The molecule has 2 heterocycles. The highest BCUT2D eigenvalue weighted by molar-refractivity contribution is 5.89. The van der Waals surface area contributed by atoms with Crippen LogP contribution < -0.4 is 10.2 Å². The van der Waals surface area contributed by atoms with E-state index >= 15 is 0 Å². The van der Waals surface area contributed by atoms with Gasteiger partial charge >= 0.3 is 0 Å². The van der Waals surface area contributed by atoms with E-state index in [1.165, 1.54) is 6.33 Å². The summed E-state index contributed by atoms with van der Waals surface area (Å²) in [6.45, 7) is 2.85. The largest absolute Gasteiger partial charge is 0.492 e. The Kier molecular flexibility index (Phi) is 3.40. The summed E-state index contributed by atoms with van der Waals surface area (Å²) >= 11 is 0. The van der Waals surface area contributed by atoms with Crippen molar-refractivity contribution < 1.29 is 5.11 Å². The van der Waals surface area contributed by atoms with Gasteiger partial charge in [0.1, 0.15) is 11.8 Å². The first-order valence-electron chi connectivity index (χ1n) is 5.76. The molecule has 0 saturated heterocycles. The number of fused-ring (bicyclic) bond motifs is 1. The van der Waals surface area contributed by atoms with Gasteiger partial charge in [-0.2, -0.15) is 4.98 Å². The van der Waals surface area contributed by atoms with Crippen molar-refractivity contribution in [1.29, 1.82) is 0 Å². The third-order valence-electron chi connectivity index (χ3n) is 2.39. The molecule has 96 valence electrons. The molecule has 7 heteroatoms. The molecule has 2 aromatic rings. The highest BCUT2D eigenvalue weighted by atomic mass is 16.3. The third-order valence-corrected chi connectivity index (χ3v) is 2.39. The van der Waals surface area contributed by atoms with Crippen LogP contribution in [0.4, 0.5) is 11.8 Å². The van der Waals surface area contributed by atoms with E-state index < -0.39 is 0 Å². The first-order valence-corrected chi connectivity index (χ1v) is 5.76. The molecule has 0 atom stereocenters. The van der Waals surface area contributed by atoms with Gasteiger partial charge in [0, 0.05) is 20.6 Å². The van der Waals surface area contributed by atoms with Crippen molar-refractivity contribution in [3.63, 3.8) is 0 Å². The van der Waals surface area contributed by atoms with Gasteiger partial charge in [0.15, 0.2) is 11.3 Å². The van der Waals surface area contributed by atoms with Crippen LogP contribution in [0.1, 0.15) is 13.3 Å². The maximum Gasteiger partial charge on any atom is 0.241 e. The van der Waals surface area contributed by atoms with E-state index in [-0.39, 0.29) is 5.88 Å². The topological polar surface area (TPSA) is 87.1 Å². The molecule has 2 aromatic heterocycles. The van der Waals surface area contributed by atoms with Crippen molar-refractivity contribution in [3.8, 4) is 5.88 Å². The van der Waals surface area contributed by atoms with Crippen LogP contribution >= 0.6 is 0 Å². The summed E-state index contributed by atoms with van der Waals surface area (Å²) in [6.07, 6.45) is 2.27. The van der Waals surface area contributed by atoms with E-state index in [4.69, 9.17) is 0 Å². The van der Waals surface area contributed by atoms with Crippen LogP contribution in [0.25, 0.3) is 11.0 Å². The molecular weight excluding hydrogens is 232 g/mol. The fourth-order valence-electron chi connectivity index (χ4n) is 1.49. The van der Waals surface area contributed by atoms with Crippen molar-refractivity contribution in [2.45, 2.75) is 13.3 Å². The third kappa shape index (κ3) is 2.24. The van der Waals surface area contributed by atoms with Crippen LogP contribution in [0.5, 0.6) is 5.88 Å². The lowest BCUT2D eigenvalue weighted by atomic mass is 10.3. The fraction of sp³-hybridized carbons (Fsp3) is 0.455. The van der Waals surface area contributed by atoms with E-state index in [1.807, 2.05) is 14.1 Å². The second-order valence-corrected chi connectivity index (χ2v) is 4.09. The number of rotatable bonds is 4. The molecule has 18 heavy (non-hydrogen) atoms. The Hall–Kier alpha value is -2.18. The minimum atomic E-state index is -0.134. The van der Waals surface area contributed by atoms with Gasteiger partial charge in [-0.05, 0) is 6.42 Å². The number of aromatic hydroxyl groups is 1. The summed E-state index contributed by atoms with van der Waals surface area (Å²) in [6, 6.07) is 0. The van der Waals surface area contributed by atoms with Crippen molar-refractivity contribution in [2.75, 3.05) is 30.9 Å². The molecule has 0 amide bonds. The molecule has 0 radical (unpaired) electrons. The van der Waals surface area contributed by atoms with Gasteiger partial charge in [-0.1, -0.05) is 6.92 Å². The minimum absolute atomic E-state index is 0.134. The number of nitrogens with zero attached hydrogens (tertiary/aromatic N) is 5. The summed E-state index contributed by atoms with van der Waals surface area (Å²) in [5.74, 6) is 0.986. The average molecular weight is 248 g/mol. The minimum Gasteiger partial charge on any atom is -0.492 e. The lowest BCUT2D eigenvalue weighted by molar-refractivity contribution is 0.458. The van der Waals surface area contributed by atoms with E-state index in [9.17, 15) is 5.11 Å². The van der Waals surface area contributed by atoms with Crippen LogP contribution in [-0.2, 0) is 0 Å². The Bertz CT molecular complexity index is 556. The Balaban J connectivity index is 2.61. The number of aromatic nitrogens is 4. The van der Waals surface area contributed by atoms with E-state index in [1.54, 1.807) is 4.90 Å². The van der Waals surface area contributed by atoms with Gasteiger partial charge < -0.3 is 15.3 Å². The zero-order valence-corrected chi connectivity index (χ0v) is 10.7. The van der Waals surface area contributed by atoms with E-state index in [0.29, 0.717) is 22.8 Å². The van der Waals surface area contributed by atoms with Crippen LogP contribution in [0.15, 0.2) is 6.33 Å². The van der Waals surface area contributed by atoms with Crippen molar-refractivity contribution >= 4 is 22.8 Å². The zero-order chi connectivity index (χ0) is 13.1. The summed E-state index contributed by atoms with van der Waals surface area (Å²) in [5.41, 5.74) is 0.886. The lowest BCUT2D eigenvalue weighted by Crippen LogP contribution is -2.15. The predicted molar refractivity (Wildman–Crippen MR) is 69.9 cm³/mol. The molecule has 0 aliphatic heterocycles. The number of nitrogens with one attached hydrogen (secondary N) is 1. The standard InChI is InChI=1S/C11H16N6O/c1-4-5-12-9-7-8(10(18)14-6-13-7)15-11(16-9)17(2)3/h6H,4-5H2,1-3H3,(H,12,15,16)(H,13,14,18). The van der Waals surface area contributed by atoms with Gasteiger partial charge in [-0.25, -0.2) is 15.0 Å². The predicted octanol–water partition coefficient (Wildman–Crippen LogP) is 1.01. The number of hydrogen-bond donors (Lipinski definition) is 2. The molecule has 0 saturated carbocycles. The van der Waals surface area contributed by atoms with Gasteiger partial charge in [-0.15, -0.1) is 0 Å². The normalized spacial score (nSPS) is 10.6.